The fraction of sp³-hybridized carbons (Fsp3) is 0. The molecule has 0 radical (unpaired) electrons. The molecule has 0 unspecified atom stereocenters. The number of halogens is 2. The fourth-order valence-electron chi connectivity index (χ4n) is 2.21. The van der Waals surface area contributed by atoms with E-state index in [1.54, 1.807) is 48.5 Å². The van der Waals surface area contributed by atoms with Crippen LogP contribution in [0, 0.1) is 0 Å². The van der Waals surface area contributed by atoms with Crippen molar-refractivity contribution in [1.29, 1.82) is 0 Å². The molecule has 0 aliphatic carbocycles. The van der Waals surface area contributed by atoms with E-state index in [0.717, 1.165) is 11.8 Å². The number of carbonyl (C=O) groups is 2. The summed E-state index contributed by atoms with van der Waals surface area (Å²) in [6, 6.07) is 13.3. The molecule has 1 saturated heterocycles. The van der Waals surface area contributed by atoms with E-state index in [0.29, 0.717) is 21.2 Å². The fourth-order valence-corrected chi connectivity index (χ4v) is 3.55. The van der Waals surface area contributed by atoms with Gasteiger partial charge in [0.15, 0.2) is 0 Å². The molecule has 0 aromatic heterocycles. The van der Waals surface area contributed by atoms with E-state index in [2.05, 4.69) is 0 Å². The van der Waals surface area contributed by atoms with Gasteiger partial charge in [0.05, 0.1) is 4.91 Å². The van der Waals surface area contributed by atoms with Crippen LogP contribution < -0.4 is 0 Å². The number of hydrogen-bond donors (Lipinski definition) is 1. The van der Waals surface area contributed by atoms with Gasteiger partial charge >= 0.3 is 0 Å². The summed E-state index contributed by atoms with van der Waals surface area (Å²) in [6.07, 6.45) is 1.52. The molecule has 1 fully saturated rings. The second-order valence-corrected chi connectivity index (χ2v) is 6.84. The van der Waals surface area contributed by atoms with Crippen molar-refractivity contribution in [2.45, 2.75) is 0 Å². The summed E-state index contributed by atoms with van der Waals surface area (Å²) in [6.45, 7) is 0. The zero-order chi connectivity index (χ0) is 17.3. The van der Waals surface area contributed by atoms with Crippen LogP contribution in [0.3, 0.4) is 0 Å². The Hall–Kier alpha value is -2.01. The molecule has 0 saturated carbocycles. The molecule has 2 aromatic carbocycles. The van der Waals surface area contributed by atoms with E-state index in [-0.39, 0.29) is 16.2 Å². The van der Waals surface area contributed by atoms with Crippen LogP contribution in [0.25, 0.3) is 11.8 Å². The Bertz CT molecular complexity index is 902. The minimum Gasteiger partial charge on any atom is -0.506 e. The average Bonchev–Trinajstić information content (AvgIpc) is 2.84. The first-order valence-electron chi connectivity index (χ1n) is 6.89. The number of rotatable bonds is 2. The Morgan fingerprint density at radius 1 is 1.04 bits per heavy atom. The zero-order valence-electron chi connectivity index (χ0n) is 12.1. The van der Waals surface area contributed by atoms with Gasteiger partial charge in [0, 0.05) is 15.6 Å². The van der Waals surface area contributed by atoms with Crippen LogP contribution in [0.1, 0.15) is 11.1 Å². The number of hydrogen-bond acceptors (Lipinski definition) is 4. The lowest BCUT2D eigenvalue weighted by molar-refractivity contribution is -0.114. The van der Waals surface area contributed by atoms with Crippen molar-refractivity contribution in [3.05, 3.63) is 80.2 Å². The topological polar surface area (TPSA) is 54.4 Å². The van der Waals surface area contributed by atoms with Crippen molar-refractivity contribution >= 4 is 57.7 Å². The van der Waals surface area contributed by atoms with Gasteiger partial charge in [-0.1, -0.05) is 59.6 Å². The maximum absolute atomic E-state index is 12.5. The lowest BCUT2D eigenvalue weighted by Gasteiger charge is -2.02. The molecular formula is C18H10Cl2O3S. The molecule has 3 rings (SSSR count). The lowest BCUT2D eigenvalue weighted by atomic mass is 10.0. The number of thioether (sulfide) groups is 1. The molecule has 1 aliphatic rings. The third kappa shape index (κ3) is 3.26. The minimum atomic E-state index is -0.516. The van der Waals surface area contributed by atoms with Gasteiger partial charge in [-0.25, -0.2) is 0 Å². The van der Waals surface area contributed by atoms with Gasteiger partial charge in [-0.2, -0.15) is 0 Å². The van der Waals surface area contributed by atoms with Crippen LogP contribution in [0.4, 0.5) is 0 Å². The van der Waals surface area contributed by atoms with Crippen molar-refractivity contribution in [1.82, 2.24) is 0 Å². The average molecular weight is 377 g/mol. The molecule has 0 spiro atoms. The van der Waals surface area contributed by atoms with Crippen LogP contribution in [0.2, 0.25) is 10.0 Å². The largest absolute Gasteiger partial charge is 0.506 e. The maximum atomic E-state index is 12.5. The van der Waals surface area contributed by atoms with Crippen LogP contribution in [-0.4, -0.2) is 16.0 Å². The van der Waals surface area contributed by atoms with Crippen molar-refractivity contribution < 1.29 is 14.7 Å². The number of allylic oxidation sites excluding steroid dienone is 1. The first-order valence-corrected chi connectivity index (χ1v) is 8.47. The minimum absolute atomic E-state index is 0.210. The third-order valence-electron chi connectivity index (χ3n) is 3.39. The first kappa shape index (κ1) is 16.8. The number of aliphatic hydroxyl groups is 1. The Morgan fingerprint density at radius 3 is 2.42 bits per heavy atom. The summed E-state index contributed by atoms with van der Waals surface area (Å²) in [5, 5.41) is 10.7. The quantitative estimate of drug-likeness (QED) is 0.447. The molecule has 120 valence electrons. The zero-order valence-corrected chi connectivity index (χ0v) is 14.5. The number of ketones is 1. The Labute approximate surface area is 152 Å². The van der Waals surface area contributed by atoms with Crippen LogP contribution in [0.15, 0.2) is 59.0 Å². The molecule has 0 bridgehead atoms. The normalized spacial score (nSPS) is 18.3. The highest BCUT2D eigenvalue weighted by atomic mass is 35.5. The maximum Gasteiger partial charge on any atom is 0.232 e. The van der Waals surface area contributed by atoms with Crippen LogP contribution in [-0.2, 0) is 9.59 Å². The van der Waals surface area contributed by atoms with Gasteiger partial charge in [-0.3, -0.25) is 9.59 Å². The molecule has 1 aliphatic heterocycles. The van der Waals surface area contributed by atoms with E-state index in [4.69, 9.17) is 23.2 Å². The summed E-state index contributed by atoms with van der Waals surface area (Å²) in [5.41, 5.74) is 0.772. The SMILES string of the molecule is O=C1S/C(=C\c2ccc(Cl)cc2Cl)C(=O)/C1=C(/O)c1ccccc1. The molecule has 6 heteroatoms. The highest BCUT2D eigenvalue weighted by Gasteiger charge is 2.36. The number of carbonyl (C=O) groups excluding carboxylic acids is 2. The summed E-state index contributed by atoms with van der Waals surface area (Å²) in [7, 11) is 0. The van der Waals surface area contributed by atoms with Gasteiger partial charge in [0.25, 0.3) is 0 Å². The molecule has 0 amide bonds. The van der Waals surface area contributed by atoms with Gasteiger partial charge in [-0.05, 0) is 35.5 Å². The first-order chi connectivity index (χ1) is 11.5. The molecule has 1 N–H and O–H groups in total. The van der Waals surface area contributed by atoms with Gasteiger partial charge in [-0.15, -0.1) is 0 Å². The van der Waals surface area contributed by atoms with Gasteiger partial charge < -0.3 is 5.11 Å². The van der Waals surface area contributed by atoms with Crippen molar-refractivity contribution in [2.75, 3.05) is 0 Å². The highest BCUT2D eigenvalue weighted by Crippen LogP contribution is 2.38. The van der Waals surface area contributed by atoms with E-state index in [1.807, 2.05) is 0 Å². The van der Waals surface area contributed by atoms with Crippen molar-refractivity contribution in [3.63, 3.8) is 0 Å². The van der Waals surface area contributed by atoms with E-state index in [1.165, 1.54) is 6.08 Å². The Balaban J connectivity index is 2.02. The summed E-state index contributed by atoms with van der Waals surface area (Å²) >= 11 is 12.7. The lowest BCUT2D eigenvalue weighted by Crippen LogP contribution is -2.04. The molecule has 0 atom stereocenters. The molecule has 24 heavy (non-hydrogen) atoms. The summed E-state index contributed by atoms with van der Waals surface area (Å²) < 4.78 is 0. The highest BCUT2D eigenvalue weighted by molar-refractivity contribution is 8.19. The third-order valence-corrected chi connectivity index (χ3v) is 4.87. The van der Waals surface area contributed by atoms with E-state index >= 15 is 0 Å². The van der Waals surface area contributed by atoms with Crippen LogP contribution in [0.5, 0.6) is 0 Å². The van der Waals surface area contributed by atoms with Crippen molar-refractivity contribution in [3.8, 4) is 0 Å². The number of Topliss-reactive ketones (excluding diaryl/α,β-unsaturated/α-hetero) is 1. The second-order valence-electron chi connectivity index (χ2n) is 4.98. The predicted molar refractivity (Wildman–Crippen MR) is 98.0 cm³/mol. The monoisotopic (exact) mass is 376 g/mol. The molecule has 2 aromatic rings. The summed E-state index contributed by atoms with van der Waals surface area (Å²) in [5.74, 6) is -0.832. The standard InChI is InChI=1S/C18H10Cl2O3S/c19-12-7-6-11(13(20)9-12)8-14-17(22)15(18(23)24-14)16(21)10-4-2-1-3-5-10/h1-9,21H/b14-8-,16-15-. The molecular weight excluding hydrogens is 367 g/mol. The number of aliphatic hydroxyl groups excluding tert-OH is 1. The second kappa shape index (κ2) is 6.85. The van der Waals surface area contributed by atoms with Crippen molar-refractivity contribution in [2.24, 2.45) is 0 Å². The van der Waals surface area contributed by atoms with Gasteiger partial charge in [0.2, 0.25) is 10.9 Å². The summed E-state index contributed by atoms with van der Waals surface area (Å²) in [4.78, 5) is 24.9. The number of benzene rings is 2. The smallest absolute Gasteiger partial charge is 0.232 e. The molecule has 3 nitrogen and oxygen atoms in total. The van der Waals surface area contributed by atoms with E-state index < -0.39 is 10.9 Å². The Kier molecular flexibility index (Phi) is 4.81. The predicted octanol–water partition coefficient (Wildman–Crippen LogP) is 5.15. The Morgan fingerprint density at radius 2 is 1.75 bits per heavy atom. The van der Waals surface area contributed by atoms with E-state index in [9.17, 15) is 14.7 Å². The van der Waals surface area contributed by atoms with Gasteiger partial charge in [0.1, 0.15) is 11.3 Å². The molecule has 1 heterocycles. The van der Waals surface area contributed by atoms with Crippen LogP contribution >= 0.6 is 35.0 Å².